The number of nitrogens with zero attached hydrogens (tertiary/aromatic N) is 2. The highest BCUT2D eigenvalue weighted by atomic mass is 32.2. The first-order valence-electron chi connectivity index (χ1n) is 13.0. The zero-order valence-electron chi connectivity index (χ0n) is 21.6. The third kappa shape index (κ3) is 7.24. The molecule has 0 bridgehead atoms. The summed E-state index contributed by atoms with van der Waals surface area (Å²) in [4.78, 5) is 21.4. The molecule has 0 amide bonds. The van der Waals surface area contributed by atoms with Crippen LogP contribution in [0.1, 0.15) is 95.2 Å². The molecule has 2 heterocycles. The van der Waals surface area contributed by atoms with E-state index in [1.165, 1.54) is 36.1 Å². The Labute approximate surface area is 214 Å². The number of rotatable bonds is 11. The number of thioether (sulfide) groups is 1. The van der Waals surface area contributed by atoms with E-state index in [-0.39, 0.29) is 17.8 Å². The molecule has 0 saturated carbocycles. The first kappa shape index (κ1) is 27.1. The average molecular weight is 495 g/mol. The van der Waals surface area contributed by atoms with Crippen molar-refractivity contribution in [2.75, 3.05) is 19.0 Å². The minimum atomic E-state index is -0.321. The lowest BCUT2D eigenvalue weighted by Crippen LogP contribution is -2.32. The van der Waals surface area contributed by atoms with Crippen molar-refractivity contribution in [3.05, 3.63) is 47.0 Å². The van der Waals surface area contributed by atoms with E-state index < -0.39 is 0 Å². The lowest BCUT2D eigenvalue weighted by atomic mass is 9.71. The Morgan fingerprint density at radius 3 is 2.54 bits per heavy atom. The average Bonchev–Trinajstić information content (AvgIpc) is 2.87. The van der Waals surface area contributed by atoms with Gasteiger partial charge in [0.25, 0.3) is 0 Å². The second-order valence-corrected chi connectivity index (χ2v) is 10.1. The van der Waals surface area contributed by atoms with Gasteiger partial charge in [0.15, 0.2) is 0 Å². The van der Waals surface area contributed by atoms with Crippen molar-refractivity contribution < 1.29 is 14.3 Å². The number of carbonyl (C=O) groups excluding carboxylic acids is 1. The Balaban J connectivity index is 1.88. The van der Waals surface area contributed by atoms with Gasteiger partial charge in [-0.1, -0.05) is 51.9 Å². The largest absolute Gasteiger partial charge is 0.493 e. The van der Waals surface area contributed by atoms with E-state index in [0.717, 1.165) is 48.5 Å². The Morgan fingerprint density at radius 2 is 1.86 bits per heavy atom. The summed E-state index contributed by atoms with van der Waals surface area (Å²) in [5.74, 6) is 8.86. The van der Waals surface area contributed by atoms with Crippen LogP contribution in [0.2, 0.25) is 0 Å². The van der Waals surface area contributed by atoms with E-state index in [1.54, 1.807) is 19.3 Å². The second-order valence-electron chi connectivity index (χ2n) is 8.96. The number of ether oxygens (including phenoxy) is 2. The van der Waals surface area contributed by atoms with Gasteiger partial charge in [0, 0.05) is 33.8 Å². The Bertz CT molecular complexity index is 1040. The molecule has 0 atom stereocenters. The number of fused-ring (bicyclic) bond motifs is 1. The van der Waals surface area contributed by atoms with Gasteiger partial charge in [-0.05, 0) is 50.5 Å². The SMILES string of the molecule is CCCCCCSc1cc2c(cc1C#Cc1cnc(CC(=O)OCC)nc1)C(CC)(CC)CCO2. The maximum Gasteiger partial charge on any atom is 0.313 e. The first-order valence-corrected chi connectivity index (χ1v) is 14.0. The van der Waals surface area contributed by atoms with Gasteiger partial charge in [0.05, 0.1) is 18.8 Å². The molecule has 0 unspecified atom stereocenters. The molecule has 6 heteroatoms. The molecule has 0 radical (unpaired) electrons. The van der Waals surface area contributed by atoms with Gasteiger partial charge < -0.3 is 9.47 Å². The highest BCUT2D eigenvalue weighted by Gasteiger charge is 2.35. The summed E-state index contributed by atoms with van der Waals surface area (Å²) >= 11 is 1.87. The Kier molecular flexibility index (Phi) is 10.5. The van der Waals surface area contributed by atoms with Gasteiger partial charge in [-0.15, -0.1) is 11.8 Å². The fraction of sp³-hybridized carbons (Fsp3) is 0.552. The van der Waals surface area contributed by atoms with Crippen molar-refractivity contribution in [1.29, 1.82) is 0 Å². The standard InChI is InChI=1S/C29H38N2O3S/c1-5-9-10-11-16-35-26-18-25-24(29(6-2,7-3)14-15-34-25)17-23(26)13-12-22-20-30-27(31-21-22)19-28(32)33-8-4/h17-18,20-21H,5-11,14-16,19H2,1-4H3. The molecular formula is C29H38N2O3S. The van der Waals surface area contributed by atoms with Crippen molar-refractivity contribution in [2.45, 2.75) is 89.4 Å². The molecule has 188 valence electrons. The summed E-state index contributed by atoms with van der Waals surface area (Å²) in [6.07, 6.45) is 11.6. The van der Waals surface area contributed by atoms with E-state index in [1.807, 2.05) is 11.8 Å². The van der Waals surface area contributed by atoms with Crippen LogP contribution in [0, 0.1) is 11.8 Å². The van der Waals surface area contributed by atoms with Crippen LogP contribution in [0.4, 0.5) is 0 Å². The van der Waals surface area contributed by atoms with Crippen molar-refractivity contribution in [3.8, 4) is 17.6 Å². The van der Waals surface area contributed by atoms with Crippen molar-refractivity contribution in [1.82, 2.24) is 9.97 Å². The third-order valence-corrected chi connectivity index (χ3v) is 7.90. The van der Waals surface area contributed by atoms with Crippen LogP contribution in [0.15, 0.2) is 29.4 Å². The number of benzene rings is 1. The maximum absolute atomic E-state index is 11.7. The number of hydrogen-bond acceptors (Lipinski definition) is 6. The highest BCUT2D eigenvalue weighted by molar-refractivity contribution is 7.99. The van der Waals surface area contributed by atoms with E-state index in [0.29, 0.717) is 12.4 Å². The fourth-order valence-corrected chi connectivity index (χ4v) is 5.51. The molecule has 5 nitrogen and oxygen atoms in total. The van der Waals surface area contributed by atoms with Gasteiger partial charge in [-0.2, -0.15) is 0 Å². The molecule has 1 aliphatic heterocycles. The minimum Gasteiger partial charge on any atom is -0.493 e. The smallest absolute Gasteiger partial charge is 0.313 e. The summed E-state index contributed by atoms with van der Waals surface area (Å²) < 4.78 is 11.1. The summed E-state index contributed by atoms with van der Waals surface area (Å²) in [7, 11) is 0. The van der Waals surface area contributed by atoms with Gasteiger partial charge in [-0.3, -0.25) is 4.79 Å². The number of carbonyl (C=O) groups is 1. The third-order valence-electron chi connectivity index (χ3n) is 6.75. The number of aromatic nitrogens is 2. The molecule has 0 saturated heterocycles. The van der Waals surface area contributed by atoms with Crippen molar-refractivity contribution in [3.63, 3.8) is 0 Å². The molecule has 3 rings (SSSR count). The summed E-state index contributed by atoms with van der Waals surface area (Å²) in [6.45, 7) is 9.70. The van der Waals surface area contributed by atoms with Gasteiger partial charge in [0.1, 0.15) is 18.0 Å². The molecule has 2 aromatic rings. The zero-order chi connectivity index (χ0) is 25.1. The van der Waals surface area contributed by atoms with E-state index in [9.17, 15) is 4.79 Å². The minimum absolute atomic E-state index is 0.0707. The number of hydrogen-bond donors (Lipinski definition) is 0. The second kappa shape index (κ2) is 13.5. The molecule has 1 aliphatic rings. The molecular weight excluding hydrogens is 456 g/mol. The topological polar surface area (TPSA) is 61.3 Å². The summed E-state index contributed by atoms with van der Waals surface area (Å²) in [6, 6.07) is 4.47. The fourth-order valence-electron chi connectivity index (χ4n) is 4.49. The van der Waals surface area contributed by atoms with Gasteiger partial charge in [0.2, 0.25) is 0 Å². The summed E-state index contributed by atoms with van der Waals surface area (Å²) in [5, 5.41) is 0. The molecule has 0 fully saturated rings. The number of esters is 1. The predicted octanol–water partition coefficient (Wildman–Crippen LogP) is 6.49. The van der Waals surface area contributed by atoms with Crippen LogP contribution >= 0.6 is 11.8 Å². The molecule has 1 aromatic carbocycles. The van der Waals surface area contributed by atoms with Crippen LogP contribution in [0.3, 0.4) is 0 Å². The zero-order valence-corrected chi connectivity index (χ0v) is 22.4. The highest BCUT2D eigenvalue weighted by Crippen LogP contribution is 2.46. The number of unbranched alkanes of at least 4 members (excludes halogenated alkanes) is 3. The van der Waals surface area contributed by atoms with Gasteiger partial charge >= 0.3 is 5.97 Å². The van der Waals surface area contributed by atoms with Crippen LogP contribution in [-0.4, -0.2) is 34.9 Å². The maximum atomic E-state index is 11.7. The van der Waals surface area contributed by atoms with Crippen molar-refractivity contribution in [2.24, 2.45) is 0 Å². The van der Waals surface area contributed by atoms with Gasteiger partial charge in [-0.25, -0.2) is 9.97 Å². The molecule has 1 aromatic heterocycles. The lowest BCUT2D eigenvalue weighted by Gasteiger charge is -2.38. The molecule has 0 aliphatic carbocycles. The Morgan fingerprint density at radius 1 is 1.09 bits per heavy atom. The monoisotopic (exact) mass is 494 g/mol. The van der Waals surface area contributed by atoms with Crippen LogP contribution < -0.4 is 4.74 Å². The predicted molar refractivity (Wildman–Crippen MR) is 142 cm³/mol. The normalized spacial score (nSPS) is 13.8. The van der Waals surface area contributed by atoms with E-state index in [2.05, 4.69) is 54.7 Å². The van der Waals surface area contributed by atoms with Crippen LogP contribution in [-0.2, 0) is 21.4 Å². The lowest BCUT2D eigenvalue weighted by molar-refractivity contribution is -0.142. The summed E-state index contributed by atoms with van der Waals surface area (Å²) in [5.41, 5.74) is 3.19. The Hall–Kier alpha value is -2.52. The van der Waals surface area contributed by atoms with E-state index >= 15 is 0 Å². The molecule has 0 spiro atoms. The molecule has 0 N–H and O–H groups in total. The first-order chi connectivity index (χ1) is 17.0. The van der Waals surface area contributed by atoms with E-state index in [4.69, 9.17) is 9.47 Å². The van der Waals surface area contributed by atoms with Crippen molar-refractivity contribution >= 4 is 17.7 Å². The molecule has 35 heavy (non-hydrogen) atoms. The van der Waals surface area contributed by atoms with Crippen LogP contribution in [0.5, 0.6) is 5.75 Å². The van der Waals surface area contributed by atoms with Crippen LogP contribution in [0.25, 0.3) is 0 Å². The quantitative estimate of drug-likeness (QED) is 0.154.